The summed E-state index contributed by atoms with van der Waals surface area (Å²) in [6.07, 6.45) is 2.75. The molecule has 1 aromatic rings. The van der Waals surface area contributed by atoms with E-state index >= 15 is 4.39 Å². The van der Waals surface area contributed by atoms with Gasteiger partial charge in [-0.1, -0.05) is 55.8 Å². The summed E-state index contributed by atoms with van der Waals surface area (Å²) in [6.45, 7) is 3.68. The Morgan fingerprint density at radius 2 is 1.96 bits per heavy atom. The Bertz CT molecular complexity index is 577. The Morgan fingerprint density at radius 1 is 1.29 bits per heavy atom. The van der Waals surface area contributed by atoms with Gasteiger partial charge in [0.15, 0.2) is 0 Å². The molecule has 0 fully saturated rings. The number of hydrogen-bond donors (Lipinski definition) is 1. The molecule has 0 bridgehead atoms. The lowest BCUT2D eigenvalue weighted by Crippen LogP contribution is -2.40. The molecular formula is C19H24ClFO3. The first-order valence-electron chi connectivity index (χ1n) is 8.25. The van der Waals surface area contributed by atoms with Crippen LogP contribution >= 0.6 is 11.6 Å². The van der Waals surface area contributed by atoms with E-state index in [4.69, 9.17) is 16.3 Å². The Kier molecular flexibility index (Phi) is 8.81. The van der Waals surface area contributed by atoms with Gasteiger partial charge in [0.05, 0.1) is 6.61 Å². The number of carbonyl (C=O) groups is 1. The molecule has 0 aliphatic carbocycles. The molecule has 0 aliphatic heterocycles. The second-order valence-electron chi connectivity index (χ2n) is 5.50. The number of benzene rings is 1. The normalized spacial score (nSPS) is 14.2. The Balaban J connectivity index is 2.95. The number of halogens is 2. The van der Waals surface area contributed by atoms with E-state index in [1.165, 1.54) is 24.3 Å². The van der Waals surface area contributed by atoms with E-state index < -0.39 is 17.7 Å². The molecule has 3 nitrogen and oxygen atoms in total. The monoisotopic (exact) mass is 354 g/mol. The van der Waals surface area contributed by atoms with Crippen molar-refractivity contribution in [3.05, 3.63) is 34.9 Å². The second kappa shape index (κ2) is 10.3. The van der Waals surface area contributed by atoms with Crippen LogP contribution in [-0.2, 0) is 9.53 Å². The molecule has 0 saturated heterocycles. The van der Waals surface area contributed by atoms with Crippen molar-refractivity contribution in [1.82, 2.24) is 0 Å². The smallest absolute Gasteiger partial charge is 0.359 e. The number of hydrogen-bond acceptors (Lipinski definition) is 3. The van der Waals surface area contributed by atoms with Crippen LogP contribution in [0.5, 0.6) is 0 Å². The van der Waals surface area contributed by atoms with Gasteiger partial charge in [0.2, 0.25) is 0 Å². The summed E-state index contributed by atoms with van der Waals surface area (Å²) in [6, 6.07) is 5.96. The van der Waals surface area contributed by atoms with Gasteiger partial charge in [-0.3, -0.25) is 0 Å². The van der Waals surface area contributed by atoms with Crippen LogP contribution in [0.25, 0.3) is 0 Å². The van der Waals surface area contributed by atoms with Gasteiger partial charge in [0, 0.05) is 11.4 Å². The van der Waals surface area contributed by atoms with Crippen molar-refractivity contribution in [3.8, 4) is 11.8 Å². The summed E-state index contributed by atoms with van der Waals surface area (Å²) < 4.78 is 20.0. The number of alkyl halides is 1. The van der Waals surface area contributed by atoms with Gasteiger partial charge in [-0.2, -0.15) is 0 Å². The summed E-state index contributed by atoms with van der Waals surface area (Å²) in [5, 5.41) is 10.8. The van der Waals surface area contributed by atoms with Gasteiger partial charge in [0.1, 0.15) is 6.10 Å². The molecule has 132 valence electrons. The van der Waals surface area contributed by atoms with Crippen LogP contribution in [0, 0.1) is 11.8 Å². The van der Waals surface area contributed by atoms with Gasteiger partial charge < -0.3 is 9.84 Å². The average molecular weight is 355 g/mol. The number of aliphatic hydroxyl groups excluding tert-OH is 1. The maximum atomic E-state index is 15.2. The van der Waals surface area contributed by atoms with Crippen LogP contribution in [0.3, 0.4) is 0 Å². The standard InChI is InChI=1S/C19H24ClFO3/c1-3-5-6-7-8-9-14-19(21,18(23)24-4-2)17(22)15-10-12-16(20)13-11-15/h10-13,17,22H,3-8H2,1-2H3. The zero-order chi connectivity index (χ0) is 18.0. The second-order valence-corrected chi connectivity index (χ2v) is 5.94. The van der Waals surface area contributed by atoms with E-state index in [1.807, 2.05) is 0 Å². The minimum atomic E-state index is -2.80. The van der Waals surface area contributed by atoms with Crippen LogP contribution in [0.2, 0.25) is 5.02 Å². The first-order chi connectivity index (χ1) is 11.5. The minimum absolute atomic E-state index is 0.00994. The van der Waals surface area contributed by atoms with Crippen molar-refractivity contribution in [2.45, 2.75) is 57.7 Å². The molecule has 1 rings (SSSR count). The lowest BCUT2D eigenvalue weighted by molar-refractivity contribution is -0.160. The molecule has 2 atom stereocenters. The molecule has 0 aliphatic rings. The molecular weight excluding hydrogens is 331 g/mol. The topological polar surface area (TPSA) is 46.5 Å². The highest BCUT2D eigenvalue weighted by Crippen LogP contribution is 2.31. The van der Waals surface area contributed by atoms with Crippen LogP contribution in [0.1, 0.15) is 57.6 Å². The number of esters is 1. The quantitative estimate of drug-likeness (QED) is 0.421. The van der Waals surface area contributed by atoms with E-state index in [9.17, 15) is 9.90 Å². The Labute approximate surface area is 148 Å². The third kappa shape index (κ3) is 5.81. The highest BCUT2D eigenvalue weighted by atomic mass is 35.5. The van der Waals surface area contributed by atoms with E-state index in [-0.39, 0.29) is 12.2 Å². The summed E-state index contributed by atoms with van der Waals surface area (Å²) in [7, 11) is 0. The zero-order valence-electron chi connectivity index (χ0n) is 14.1. The predicted molar refractivity (Wildman–Crippen MR) is 93.4 cm³/mol. The number of carbonyl (C=O) groups excluding carboxylic acids is 1. The Morgan fingerprint density at radius 3 is 2.54 bits per heavy atom. The van der Waals surface area contributed by atoms with E-state index in [2.05, 4.69) is 18.8 Å². The molecule has 0 heterocycles. The van der Waals surface area contributed by atoms with Crippen LogP contribution < -0.4 is 0 Å². The average Bonchev–Trinajstić information content (AvgIpc) is 2.58. The van der Waals surface area contributed by atoms with Gasteiger partial charge in [-0.25, -0.2) is 9.18 Å². The SMILES string of the molecule is CCCCCCC#CC(F)(C(=O)OCC)C(O)c1ccc(Cl)cc1. The summed E-state index contributed by atoms with van der Waals surface area (Å²) >= 11 is 5.79. The first-order valence-corrected chi connectivity index (χ1v) is 8.63. The number of rotatable bonds is 8. The van der Waals surface area contributed by atoms with E-state index in [0.29, 0.717) is 11.4 Å². The number of unbranched alkanes of at least 4 members (excludes halogenated alkanes) is 4. The van der Waals surface area contributed by atoms with Gasteiger partial charge >= 0.3 is 5.97 Å². The van der Waals surface area contributed by atoms with Crippen LogP contribution in [0.4, 0.5) is 4.39 Å². The fraction of sp³-hybridized carbons (Fsp3) is 0.526. The van der Waals surface area contributed by atoms with E-state index in [1.54, 1.807) is 6.92 Å². The highest BCUT2D eigenvalue weighted by molar-refractivity contribution is 6.30. The van der Waals surface area contributed by atoms with Gasteiger partial charge in [0.25, 0.3) is 5.67 Å². The molecule has 0 amide bonds. The van der Waals surface area contributed by atoms with Crippen molar-refractivity contribution < 1.29 is 19.0 Å². The maximum Gasteiger partial charge on any atom is 0.359 e. The van der Waals surface area contributed by atoms with Crippen molar-refractivity contribution in [1.29, 1.82) is 0 Å². The number of ether oxygens (including phenoxy) is 1. The molecule has 24 heavy (non-hydrogen) atoms. The molecule has 0 aromatic heterocycles. The molecule has 0 saturated carbocycles. The largest absolute Gasteiger partial charge is 0.463 e. The molecule has 1 N–H and O–H groups in total. The summed E-state index contributed by atoms with van der Waals surface area (Å²) in [4.78, 5) is 12.0. The van der Waals surface area contributed by atoms with Crippen LogP contribution in [-0.4, -0.2) is 23.4 Å². The zero-order valence-corrected chi connectivity index (χ0v) is 14.9. The van der Waals surface area contributed by atoms with Crippen molar-refractivity contribution in [3.63, 3.8) is 0 Å². The highest BCUT2D eigenvalue weighted by Gasteiger charge is 2.47. The lowest BCUT2D eigenvalue weighted by Gasteiger charge is -2.23. The summed E-state index contributed by atoms with van der Waals surface area (Å²) in [5.74, 6) is 3.80. The van der Waals surface area contributed by atoms with Gasteiger partial charge in [-0.15, -0.1) is 0 Å². The van der Waals surface area contributed by atoms with Crippen molar-refractivity contribution in [2.75, 3.05) is 6.61 Å². The number of aliphatic hydroxyl groups is 1. The fourth-order valence-corrected chi connectivity index (χ4v) is 2.30. The van der Waals surface area contributed by atoms with E-state index in [0.717, 1.165) is 25.7 Å². The van der Waals surface area contributed by atoms with Gasteiger partial charge in [-0.05, 0) is 37.0 Å². The third-order valence-corrected chi connectivity index (χ3v) is 3.81. The molecule has 0 spiro atoms. The predicted octanol–water partition coefficient (Wildman–Crippen LogP) is 4.62. The molecule has 5 heteroatoms. The maximum absolute atomic E-state index is 15.2. The summed E-state index contributed by atoms with van der Waals surface area (Å²) in [5.41, 5.74) is -2.58. The lowest BCUT2D eigenvalue weighted by atomic mass is 9.93. The fourth-order valence-electron chi connectivity index (χ4n) is 2.17. The van der Waals surface area contributed by atoms with Crippen molar-refractivity contribution >= 4 is 17.6 Å². The van der Waals surface area contributed by atoms with Crippen molar-refractivity contribution in [2.24, 2.45) is 0 Å². The minimum Gasteiger partial charge on any atom is -0.463 e. The third-order valence-electron chi connectivity index (χ3n) is 3.56. The first kappa shape index (κ1) is 20.5. The van der Waals surface area contributed by atoms with Crippen LogP contribution in [0.15, 0.2) is 24.3 Å². The molecule has 2 unspecified atom stereocenters. The Hall–Kier alpha value is -1.57. The molecule has 0 radical (unpaired) electrons. The molecule has 1 aromatic carbocycles.